The van der Waals surface area contributed by atoms with E-state index in [9.17, 15) is 8.42 Å². The average molecular weight is 274 g/mol. The number of rotatable bonds is 9. The van der Waals surface area contributed by atoms with Gasteiger partial charge in [0.15, 0.2) is 0 Å². The summed E-state index contributed by atoms with van der Waals surface area (Å²) >= 11 is 0. The first kappa shape index (κ1) is 15.1. The summed E-state index contributed by atoms with van der Waals surface area (Å²) in [5.41, 5.74) is 0. The van der Waals surface area contributed by atoms with Gasteiger partial charge in [0, 0.05) is 31.9 Å². The molecule has 18 heavy (non-hydrogen) atoms. The van der Waals surface area contributed by atoms with Crippen LogP contribution in [0.25, 0.3) is 0 Å². The Morgan fingerprint density at radius 1 is 1.50 bits per heavy atom. The van der Waals surface area contributed by atoms with Crippen molar-refractivity contribution >= 4 is 10.0 Å². The molecule has 0 aliphatic carbocycles. The lowest BCUT2D eigenvalue weighted by atomic mass is 10.3. The predicted molar refractivity (Wildman–Crippen MR) is 71.8 cm³/mol. The molecule has 1 unspecified atom stereocenters. The zero-order valence-corrected chi connectivity index (χ0v) is 11.8. The number of nitrogens with one attached hydrogen (secondary N) is 3. The van der Waals surface area contributed by atoms with E-state index in [4.69, 9.17) is 0 Å². The van der Waals surface area contributed by atoms with Gasteiger partial charge in [0.05, 0.1) is 5.25 Å². The number of aromatic nitrogens is 2. The smallest absolute Gasteiger partial charge is 0.215 e. The molecule has 1 aromatic heterocycles. The molecule has 0 spiro atoms. The lowest BCUT2D eigenvalue weighted by Gasteiger charge is -2.13. The van der Waals surface area contributed by atoms with Crippen molar-refractivity contribution in [1.82, 2.24) is 20.0 Å². The van der Waals surface area contributed by atoms with Gasteiger partial charge in [-0.05, 0) is 19.9 Å². The highest BCUT2D eigenvalue weighted by Gasteiger charge is 2.18. The van der Waals surface area contributed by atoms with Gasteiger partial charge >= 0.3 is 0 Å². The summed E-state index contributed by atoms with van der Waals surface area (Å²) in [4.78, 5) is 7.07. The van der Waals surface area contributed by atoms with E-state index >= 15 is 0 Å². The first-order chi connectivity index (χ1) is 8.56. The highest BCUT2D eigenvalue weighted by atomic mass is 32.2. The molecule has 1 aromatic rings. The summed E-state index contributed by atoms with van der Waals surface area (Å²) in [7, 11) is -3.22. The maximum atomic E-state index is 11.8. The fraction of sp³-hybridized carbons (Fsp3) is 0.727. The lowest BCUT2D eigenvalue weighted by molar-refractivity contribution is 0.557. The maximum absolute atomic E-state index is 11.8. The summed E-state index contributed by atoms with van der Waals surface area (Å²) < 4.78 is 26.3. The van der Waals surface area contributed by atoms with Gasteiger partial charge in [-0.25, -0.2) is 18.1 Å². The molecule has 0 aromatic carbocycles. The summed E-state index contributed by atoms with van der Waals surface area (Å²) in [6.07, 6.45) is 4.94. The summed E-state index contributed by atoms with van der Waals surface area (Å²) in [6.45, 7) is 5.36. The summed E-state index contributed by atoms with van der Waals surface area (Å²) in [6, 6.07) is 0. The van der Waals surface area contributed by atoms with Crippen molar-refractivity contribution in [2.24, 2.45) is 0 Å². The number of nitrogens with zero attached hydrogens (tertiary/aromatic N) is 1. The monoisotopic (exact) mass is 274 g/mol. The summed E-state index contributed by atoms with van der Waals surface area (Å²) in [5, 5.41) is 2.62. The van der Waals surface area contributed by atoms with Crippen molar-refractivity contribution in [2.75, 3.05) is 19.6 Å². The fourth-order valence-corrected chi connectivity index (χ4v) is 2.56. The SMILES string of the molecule is CCNCC(C)S(=O)(=O)NCCCc1ncc[nH]1. The van der Waals surface area contributed by atoms with Crippen LogP contribution in [0.4, 0.5) is 0 Å². The molecule has 0 bridgehead atoms. The van der Waals surface area contributed by atoms with Crippen LogP contribution in [0.5, 0.6) is 0 Å². The van der Waals surface area contributed by atoms with E-state index in [1.807, 2.05) is 6.92 Å². The molecule has 0 aliphatic heterocycles. The van der Waals surface area contributed by atoms with E-state index in [-0.39, 0.29) is 0 Å². The van der Waals surface area contributed by atoms with Crippen molar-refractivity contribution in [3.8, 4) is 0 Å². The van der Waals surface area contributed by atoms with Crippen LogP contribution < -0.4 is 10.0 Å². The van der Waals surface area contributed by atoms with Crippen LogP contribution in [-0.4, -0.2) is 43.3 Å². The van der Waals surface area contributed by atoms with E-state index in [2.05, 4.69) is 20.0 Å². The molecular formula is C11H22N4O2S. The van der Waals surface area contributed by atoms with E-state index in [1.165, 1.54) is 0 Å². The minimum absolute atomic E-state index is 0.416. The normalized spacial score (nSPS) is 13.7. The van der Waals surface area contributed by atoms with Gasteiger partial charge in [-0.2, -0.15) is 0 Å². The second-order valence-corrected chi connectivity index (χ2v) is 6.38. The number of imidazole rings is 1. The molecule has 0 radical (unpaired) electrons. The van der Waals surface area contributed by atoms with E-state index < -0.39 is 15.3 Å². The molecule has 7 heteroatoms. The number of sulfonamides is 1. The number of hydrogen-bond acceptors (Lipinski definition) is 4. The molecule has 0 aliphatic rings. The Morgan fingerprint density at radius 3 is 2.89 bits per heavy atom. The second kappa shape index (κ2) is 7.50. The summed E-state index contributed by atoms with van der Waals surface area (Å²) in [5.74, 6) is 0.884. The number of hydrogen-bond donors (Lipinski definition) is 3. The first-order valence-corrected chi connectivity index (χ1v) is 7.78. The zero-order chi connectivity index (χ0) is 13.4. The Kier molecular flexibility index (Phi) is 6.31. The van der Waals surface area contributed by atoms with Gasteiger partial charge in [-0.15, -0.1) is 0 Å². The van der Waals surface area contributed by atoms with Gasteiger partial charge in [0.2, 0.25) is 10.0 Å². The standard InChI is InChI=1S/C11H22N4O2S/c1-3-12-9-10(2)18(16,17)15-6-4-5-11-13-7-8-14-11/h7-8,10,12,15H,3-6,9H2,1-2H3,(H,13,14). The molecule has 0 amide bonds. The maximum Gasteiger partial charge on any atom is 0.215 e. The van der Waals surface area contributed by atoms with Crippen LogP contribution in [0.3, 0.4) is 0 Å². The van der Waals surface area contributed by atoms with Crippen LogP contribution in [0, 0.1) is 0 Å². The van der Waals surface area contributed by atoms with Crippen LogP contribution in [0.15, 0.2) is 12.4 Å². The zero-order valence-electron chi connectivity index (χ0n) is 10.9. The Balaban J connectivity index is 2.24. The third-order valence-corrected chi connectivity index (χ3v) is 4.49. The fourth-order valence-electron chi connectivity index (χ4n) is 1.50. The quantitative estimate of drug-likeness (QED) is 0.564. The lowest BCUT2D eigenvalue weighted by Crippen LogP contribution is -2.39. The van der Waals surface area contributed by atoms with Crippen molar-refractivity contribution in [3.05, 3.63) is 18.2 Å². The molecule has 6 nitrogen and oxygen atoms in total. The third-order valence-electron chi connectivity index (χ3n) is 2.66. The molecular weight excluding hydrogens is 252 g/mol. The van der Waals surface area contributed by atoms with Crippen LogP contribution in [0.1, 0.15) is 26.1 Å². The number of aromatic amines is 1. The third kappa shape index (κ3) is 5.16. The highest BCUT2D eigenvalue weighted by molar-refractivity contribution is 7.90. The highest BCUT2D eigenvalue weighted by Crippen LogP contribution is 1.98. The second-order valence-electron chi connectivity index (χ2n) is 4.20. The molecule has 104 valence electrons. The van der Waals surface area contributed by atoms with Crippen LogP contribution in [-0.2, 0) is 16.4 Å². The van der Waals surface area contributed by atoms with Crippen molar-refractivity contribution in [3.63, 3.8) is 0 Å². The molecule has 1 rings (SSSR count). The van der Waals surface area contributed by atoms with Gasteiger partial charge in [-0.3, -0.25) is 0 Å². The van der Waals surface area contributed by atoms with Gasteiger partial charge in [0.25, 0.3) is 0 Å². The van der Waals surface area contributed by atoms with E-state index in [0.717, 1.165) is 25.2 Å². The molecule has 1 heterocycles. The van der Waals surface area contributed by atoms with Gasteiger partial charge < -0.3 is 10.3 Å². The topological polar surface area (TPSA) is 86.9 Å². The largest absolute Gasteiger partial charge is 0.349 e. The Hall–Kier alpha value is -0.920. The minimum atomic E-state index is -3.22. The van der Waals surface area contributed by atoms with Gasteiger partial charge in [0.1, 0.15) is 5.82 Å². The van der Waals surface area contributed by atoms with Crippen molar-refractivity contribution in [1.29, 1.82) is 0 Å². The van der Waals surface area contributed by atoms with E-state index in [0.29, 0.717) is 13.1 Å². The number of H-pyrrole nitrogens is 1. The van der Waals surface area contributed by atoms with Crippen LogP contribution >= 0.6 is 0 Å². The Morgan fingerprint density at radius 2 is 2.28 bits per heavy atom. The predicted octanol–water partition coefficient (Wildman–Crippen LogP) is 0.260. The van der Waals surface area contributed by atoms with Crippen molar-refractivity contribution in [2.45, 2.75) is 31.9 Å². The molecule has 0 fully saturated rings. The van der Waals surface area contributed by atoms with E-state index in [1.54, 1.807) is 19.3 Å². The Bertz CT molecular complexity index is 416. The molecule has 0 saturated carbocycles. The average Bonchev–Trinajstić information content (AvgIpc) is 2.84. The molecule has 3 N–H and O–H groups in total. The Labute approximate surface area is 109 Å². The van der Waals surface area contributed by atoms with Gasteiger partial charge in [-0.1, -0.05) is 6.92 Å². The first-order valence-electron chi connectivity index (χ1n) is 6.23. The minimum Gasteiger partial charge on any atom is -0.349 e. The van der Waals surface area contributed by atoms with Crippen molar-refractivity contribution < 1.29 is 8.42 Å². The number of aryl methyl sites for hydroxylation is 1. The van der Waals surface area contributed by atoms with Crippen LogP contribution in [0.2, 0.25) is 0 Å². The molecule has 0 saturated heterocycles. The molecule has 1 atom stereocenters.